The number of anilines is 1. The molecule has 1 N–H and O–H groups in total. The number of benzene rings is 1. The van der Waals surface area contributed by atoms with E-state index in [-0.39, 0.29) is 11.8 Å². The van der Waals surface area contributed by atoms with Gasteiger partial charge < -0.3 is 14.7 Å². The Balaban J connectivity index is 1.51. The van der Waals surface area contributed by atoms with Crippen LogP contribution in [0.1, 0.15) is 42.4 Å². The van der Waals surface area contributed by atoms with Crippen LogP contribution in [0.15, 0.2) is 28.8 Å². The molecule has 4 rings (SSSR count). The van der Waals surface area contributed by atoms with Gasteiger partial charge in [0.15, 0.2) is 0 Å². The molecule has 1 fully saturated rings. The zero-order valence-electron chi connectivity index (χ0n) is 17.2. The maximum atomic E-state index is 12.9. The summed E-state index contributed by atoms with van der Waals surface area (Å²) in [5.41, 5.74) is 3.73. The Morgan fingerprint density at radius 3 is 2.90 bits per heavy atom. The molecule has 2 aromatic heterocycles. The zero-order chi connectivity index (χ0) is 20.4. The molecule has 1 aliphatic rings. The zero-order valence-corrected chi connectivity index (χ0v) is 17.2. The van der Waals surface area contributed by atoms with Crippen LogP contribution >= 0.6 is 0 Å². The molecule has 3 heterocycles. The molecule has 1 aromatic carbocycles. The third-order valence-electron chi connectivity index (χ3n) is 5.64. The molecule has 7 heteroatoms. The van der Waals surface area contributed by atoms with Crippen molar-refractivity contribution in [2.75, 3.05) is 18.0 Å². The molecule has 1 amide bonds. The van der Waals surface area contributed by atoms with Crippen LogP contribution in [0, 0.1) is 19.8 Å². The van der Waals surface area contributed by atoms with Crippen LogP contribution in [0.3, 0.4) is 0 Å². The normalized spacial score (nSPS) is 16.9. The lowest BCUT2D eigenvalue weighted by Gasteiger charge is -2.33. The standard InChI is InChI=1S/C22H27N5O2/c1-4-18-19-20(24-15(3)25-22(19)29-26-18)27-11-7-10-17(13-27)21(28)23-12-16-9-6-5-8-14(16)2/h5-6,8-9,17H,4,7,10-13H2,1-3H3,(H,23,28)/t17-/m0/s1. The SMILES string of the molecule is CCc1noc2nc(C)nc(N3CCC[C@H](C(=O)NCc4ccccc4C)C3)c12. The highest BCUT2D eigenvalue weighted by molar-refractivity contribution is 5.89. The second-order valence-corrected chi connectivity index (χ2v) is 7.69. The van der Waals surface area contributed by atoms with Crippen molar-refractivity contribution >= 4 is 22.8 Å². The molecule has 3 aromatic rings. The Hall–Kier alpha value is -2.96. The van der Waals surface area contributed by atoms with E-state index in [9.17, 15) is 4.79 Å². The number of hydrogen-bond acceptors (Lipinski definition) is 6. The van der Waals surface area contributed by atoms with E-state index in [0.29, 0.717) is 24.6 Å². The number of nitrogens with one attached hydrogen (secondary N) is 1. The Morgan fingerprint density at radius 1 is 1.28 bits per heavy atom. The summed E-state index contributed by atoms with van der Waals surface area (Å²) in [7, 11) is 0. The third-order valence-corrected chi connectivity index (χ3v) is 5.64. The topological polar surface area (TPSA) is 84.2 Å². The van der Waals surface area contributed by atoms with Crippen molar-refractivity contribution in [3.05, 3.63) is 46.9 Å². The molecule has 0 aliphatic carbocycles. The van der Waals surface area contributed by atoms with E-state index in [2.05, 4.69) is 44.4 Å². The largest absolute Gasteiger partial charge is 0.355 e. The second-order valence-electron chi connectivity index (χ2n) is 7.69. The number of carbonyl (C=O) groups excluding carboxylic acids is 1. The Labute approximate surface area is 170 Å². The fraction of sp³-hybridized carbons (Fsp3) is 0.455. The molecule has 0 unspecified atom stereocenters. The first-order valence-corrected chi connectivity index (χ1v) is 10.3. The molecule has 29 heavy (non-hydrogen) atoms. The van der Waals surface area contributed by atoms with E-state index in [1.165, 1.54) is 5.56 Å². The van der Waals surface area contributed by atoms with Gasteiger partial charge in [-0.2, -0.15) is 4.98 Å². The molecule has 152 valence electrons. The summed E-state index contributed by atoms with van der Waals surface area (Å²) in [4.78, 5) is 24.1. The molecular weight excluding hydrogens is 366 g/mol. The molecular formula is C22H27N5O2. The second kappa shape index (κ2) is 8.19. The van der Waals surface area contributed by atoms with Crippen LogP contribution in [-0.4, -0.2) is 34.1 Å². The van der Waals surface area contributed by atoms with E-state index < -0.39 is 0 Å². The van der Waals surface area contributed by atoms with E-state index in [1.807, 2.05) is 26.0 Å². The fourth-order valence-corrected chi connectivity index (χ4v) is 3.98. The molecule has 7 nitrogen and oxygen atoms in total. The predicted octanol–water partition coefficient (Wildman–Crippen LogP) is 3.33. The number of amides is 1. The monoisotopic (exact) mass is 393 g/mol. The summed E-state index contributed by atoms with van der Waals surface area (Å²) in [5, 5.41) is 8.14. The van der Waals surface area contributed by atoms with Crippen molar-refractivity contribution in [1.29, 1.82) is 0 Å². The lowest BCUT2D eigenvalue weighted by Crippen LogP contribution is -2.43. The van der Waals surface area contributed by atoms with Gasteiger partial charge in [-0.3, -0.25) is 4.79 Å². The number of aromatic nitrogens is 3. The number of piperidine rings is 1. The van der Waals surface area contributed by atoms with Crippen LogP contribution in [0.4, 0.5) is 5.82 Å². The number of rotatable bonds is 5. The minimum atomic E-state index is -0.0666. The highest BCUT2D eigenvalue weighted by atomic mass is 16.5. The van der Waals surface area contributed by atoms with E-state index in [0.717, 1.165) is 48.3 Å². The van der Waals surface area contributed by atoms with E-state index >= 15 is 0 Å². The minimum Gasteiger partial charge on any atom is -0.355 e. The van der Waals surface area contributed by atoms with Gasteiger partial charge in [0.1, 0.15) is 17.0 Å². The maximum absolute atomic E-state index is 12.9. The summed E-state index contributed by atoms with van der Waals surface area (Å²) in [6, 6.07) is 8.14. The predicted molar refractivity (Wildman–Crippen MR) is 112 cm³/mol. The average Bonchev–Trinajstić information content (AvgIpc) is 3.15. The van der Waals surface area contributed by atoms with Crippen LogP contribution in [-0.2, 0) is 17.8 Å². The van der Waals surface area contributed by atoms with Gasteiger partial charge in [-0.15, -0.1) is 0 Å². The first-order valence-electron chi connectivity index (χ1n) is 10.3. The van der Waals surface area contributed by atoms with E-state index in [4.69, 9.17) is 4.52 Å². The van der Waals surface area contributed by atoms with Gasteiger partial charge >= 0.3 is 0 Å². The van der Waals surface area contributed by atoms with Crippen molar-refractivity contribution in [2.45, 2.75) is 46.6 Å². The van der Waals surface area contributed by atoms with Crippen molar-refractivity contribution in [3.8, 4) is 0 Å². The van der Waals surface area contributed by atoms with Crippen molar-refractivity contribution in [2.24, 2.45) is 5.92 Å². The van der Waals surface area contributed by atoms with Crippen LogP contribution in [0.25, 0.3) is 11.1 Å². The number of hydrogen-bond donors (Lipinski definition) is 1. The van der Waals surface area contributed by atoms with Gasteiger partial charge in [0.25, 0.3) is 5.71 Å². The van der Waals surface area contributed by atoms with Gasteiger partial charge in [-0.1, -0.05) is 36.3 Å². The minimum absolute atomic E-state index is 0.0666. The van der Waals surface area contributed by atoms with Crippen LogP contribution < -0.4 is 10.2 Å². The number of fused-ring (bicyclic) bond motifs is 1. The van der Waals surface area contributed by atoms with Gasteiger partial charge in [0.2, 0.25) is 5.91 Å². The lowest BCUT2D eigenvalue weighted by molar-refractivity contribution is -0.125. The first-order chi connectivity index (χ1) is 14.1. The Morgan fingerprint density at radius 2 is 2.10 bits per heavy atom. The quantitative estimate of drug-likeness (QED) is 0.716. The molecule has 1 saturated heterocycles. The highest BCUT2D eigenvalue weighted by Gasteiger charge is 2.29. The summed E-state index contributed by atoms with van der Waals surface area (Å²) in [6.45, 7) is 8.02. The third kappa shape index (κ3) is 3.95. The Kier molecular flexibility index (Phi) is 5.47. The summed E-state index contributed by atoms with van der Waals surface area (Å²) in [6.07, 6.45) is 2.58. The Bertz CT molecular complexity index is 1030. The number of carbonyl (C=O) groups is 1. The van der Waals surface area contributed by atoms with Gasteiger partial charge in [-0.05, 0) is 44.2 Å². The molecule has 1 aliphatic heterocycles. The van der Waals surface area contributed by atoms with Gasteiger partial charge in [-0.25, -0.2) is 4.98 Å². The number of aryl methyl sites for hydroxylation is 3. The van der Waals surface area contributed by atoms with Crippen molar-refractivity contribution < 1.29 is 9.32 Å². The van der Waals surface area contributed by atoms with Crippen LogP contribution in [0.2, 0.25) is 0 Å². The first kappa shape index (κ1) is 19.4. The number of nitrogens with zero attached hydrogens (tertiary/aromatic N) is 4. The lowest BCUT2D eigenvalue weighted by atomic mass is 9.96. The van der Waals surface area contributed by atoms with Crippen molar-refractivity contribution in [1.82, 2.24) is 20.4 Å². The maximum Gasteiger partial charge on any atom is 0.263 e. The average molecular weight is 393 g/mol. The van der Waals surface area contributed by atoms with Crippen molar-refractivity contribution in [3.63, 3.8) is 0 Å². The van der Waals surface area contributed by atoms with E-state index in [1.54, 1.807) is 0 Å². The highest BCUT2D eigenvalue weighted by Crippen LogP contribution is 2.31. The van der Waals surface area contributed by atoms with Gasteiger partial charge in [0.05, 0.1) is 11.6 Å². The fourth-order valence-electron chi connectivity index (χ4n) is 3.98. The molecule has 0 spiro atoms. The summed E-state index contributed by atoms with van der Waals surface area (Å²) in [5.74, 6) is 1.52. The smallest absolute Gasteiger partial charge is 0.263 e. The summed E-state index contributed by atoms with van der Waals surface area (Å²) >= 11 is 0. The molecule has 0 saturated carbocycles. The van der Waals surface area contributed by atoms with Crippen LogP contribution in [0.5, 0.6) is 0 Å². The molecule has 1 atom stereocenters. The molecule has 0 bridgehead atoms. The molecule has 0 radical (unpaired) electrons. The van der Waals surface area contributed by atoms with Gasteiger partial charge in [0, 0.05) is 19.6 Å². The summed E-state index contributed by atoms with van der Waals surface area (Å²) < 4.78 is 5.42.